The van der Waals surface area contributed by atoms with Crippen molar-refractivity contribution < 1.29 is 0 Å². The first-order valence-electron chi connectivity index (χ1n) is 8.43. The van der Waals surface area contributed by atoms with Gasteiger partial charge < -0.3 is 0 Å². The van der Waals surface area contributed by atoms with Crippen LogP contribution in [0.5, 0.6) is 0 Å². The van der Waals surface area contributed by atoms with Crippen LogP contribution in [0, 0.1) is 5.92 Å². The number of benzene rings is 2. The third-order valence-electron chi connectivity index (χ3n) is 4.83. The van der Waals surface area contributed by atoms with Crippen LogP contribution < -0.4 is 0 Å². The zero-order chi connectivity index (χ0) is 16.1. The molecule has 3 rings (SSSR count). The van der Waals surface area contributed by atoms with E-state index in [9.17, 15) is 0 Å². The van der Waals surface area contributed by atoms with Crippen LogP contribution in [-0.2, 0) is 6.54 Å². The molecule has 0 radical (unpaired) electrons. The van der Waals surface area contributed by atoms with Crippen LogP contribution in [0.1, 0.15) is 30.5 Å². The average Bonchev–Trinajstić information content (AvgIpc) is 2.60. The zero-order valence-corrected chi connectivity index (χ0v) is 13.8. The van der Waals surface area contributed by atoms with Crippen molar-refractivity contribution in [2.75, 3.05) is 0 Å². The first-order chi connectivity index (χ1) is 11.3. The molecule has 0 spiro atoms. The van der Waals surface area contributed by atoms with E-state index >= 15 is 0 Å². The summed E-state index contributed by atoms with van der Waals surface area (Å²) in [6.07, 6.45) is 7.82. The van der Waals surface area contributed by atoms with Crippen LogP contribution in [-0.4, -0.2) is 10.9 Å². The normalized spacial score (nSPS) is 24.5. The van der Waals surface area contributed by atoms with Gasteiger partial charge in [0.2, 0.25) is 0 Å². The SMILES string of the molecule is C=CC[C@H]1C=C[C@H](c2ccccc2)N(Cc2ccccc2)[C@@H]1C. The van der Waals surface area contributed by atoms with Gasteiger partial charge in [-0.05, 0) is 30.4 Å². The van der Waals surface area contributed by atoms with E-state index < -0.39 is 0 Å². The molecule has 0 aromatic heterocycles. The Hall–Kier alpha value is -2.12. The van der Waals surface area contributed by atoms with Crippen LogP contribution in [0.4, 0.5) is 0 Å². The van der Waals surface area contributed by atoms with Gasteiger partial charge in [0.05, 0.1) is 6.04 Å². The molecule has 0 amide bonds. The summed E-state index contributed by atoms with van der Waals surface area (Å²) in [6.45, 7) is 7.24. The van der Waals surface area contributed by atoms with Crippen LogP contribution in [0.15, 0.2) is 85.5 Å². The van der Waals surface area contributed by atoms with Crippen LogP contribution in [0.3, 0.4) is 0 Å². The molecule has 0 N–H and O–H groups in total. The van der Waals surface area contributed by atoms with E-state index in [4.69, 9.17) is 0 Å². The fraction of sp³-hybridized carbons (Fsp3) is 0.273. The van der Waals surface area contributed by atoms with E-state index in [-0.39, 0.29) is 0 Å². The minimum Gasteiger partial charge on any atom is -0.285 e. The number of allylic oxidation sites excluding steroid dienone is 1. The number of hydrogen-bond donors (Lipinski definition) is 0. The molecular weight excluding hydrogens is 278 g/mol. The van der Waals surface area contributed by atoms with Gasteiger partial charge in [-0.1, -0.05) is 78.9 Å². The van der Waals surface area contributed by atoms with Gasteiger partial charge in [0.1, 0.15) is 0 Å². The van der Waals surface area contributed by atoms with Gasteiger partial charge in [-0.15, -0.1) is 6.58 Å². The molecule has 1 heteroatoms. The lowest BCUT2D eigenvalue weighted by Crippen LogP contribution is -2.42. The van der Waals surface area contributed by atoms with Gasteiger partial charge in [0, 0.05) is 12.6 Å². The Bertz CT molecular complexity index is 644. The topological polar surface area (TPSA) is 3.24 Å². The minimum atomic E-state index is 0.340. The molecule has 2 aromatic carbocycles. The molecule has 1 aliphatic heterocycles. The highest BCUT2D eigenvalue weighted by molar-refractivity contribution is 5.27. The zero-order valence-electron chi connectivity index (χ0n) is 13.8. The molecule has 3 atom stereocenters. The molecule has 0 fully saturated rings. The Morgan fingerprint density at radius 2 is 1.61 bits per heavy atom. The molecule has 0 bridgehead atoms. The van der Waals surface area contributed by atoms with Gasteiger partial charge >= 0.3 is 0 Å². The second-order valence-electron chi connectivity index (χ2n) is 6.33. The lowest BCUT2D eigenvalue weighted by atomic mass is 9.87. The fourth-order valence-electron chi connectivity index (χ4n) is 3.48. The quantitative estimate of drug-likeness (QED) is 0.670. The van der Waals surface area contributed by atoms with E-state index in [1.807, 2.05) is 6.08 Å². The number of nitrogens with zero attached hydrogens (tertiary/aromatic N) is 1. The van der Waals surface area contributed by atoms with Crippen molar-refractivity contribution in [3.63, 3.8) is 0 Å². The lowest BCUT2D eigenvalue weighted by molar-refractivity contribution is 0.118. The molecule has 118 valence electrons. The summed E-state index contributed by atoms with van der Waals surface area (Å²) in [7, 11) is 0. The summed E-state index contributed by atoms with van der Waals surface area (Å²) in [4.78, 5) is 2.61. The van der Waals surface area contributed by atoms with Crippen molar-refractivity contribution >= 4 is 0 Å². The molecule has 2 aromatic rings. The van der Waals surface area contributed by atoms with Crippen LogP contribution in [0.25, 0.3) is 0 Å². The number of hydrogen-bond acceptors (Lipinski definition) is 1. The molecule has 0 aliphatic carbocycles. The smallest absolute Gasteiger partial charge is 0.0537 e. The summed E-state index contributed by atoms with van der Waals surface area (Å²) in [5.74, 6) is 0.538. The van der Waals surface area contributed by atoms with Gasteiger partial charge in [0.15, 0.2) is 0 Å². The predicted molar refractivity (Wildman–Crippen MR) is 98.1 cm³/mol. The molecular formula is C22H25N. The Morgan fingerprint density at radius 3 is 2.26 bits per heavy atom. The molecule has 1 nitrogen and oxygen atoms in total. The highest BCUT2D eigenvalue weighted by Crippen LogP contribution is 2.35. The van der Waals surface area contributed by atoms with Crippen molar-refractivity contribution in [3.8, 4) is 0 Å². The maximum atomic E-state index is 3.92. The lowest BCUT2D eigenvalue weighted by Gasteiger charge is -2.42. The van der Waals surface area contributed by atoms with Gasteiger partial charge in [-0.2, -0.15) is 0 Å². The van der Waals surface area contributed by atoms with Crippen molar-refractivity contribution in [1.82, 2.24) is 4.90 Å². The molecule has 1 aliphatic rings. The van der Waals surface area contributed by atoms with E-state index in [2.05, 4.69) is 91.2 Å². The average molecular weight is 303 g/mol. The summed E-state index contributed by atoms with van der Waals surface area (Å²) < 4.78 is 0. The predicted octanol–water partition coefficient (Wildman–Crippen LogP) is 5.38. The Balaban J connectivity index is 1.91. The summed E-state index contributed by atoms with van der Waals surface area (Å²) in [5.41, 5.74) is 2.73. The van der Waals surface area contributed by atoms with Crippen LogP contribution >= 0.6 is 0 Å². The number of rotatable bonds is 5. The van der Waals surface area contributed by atoms with E-state index in [1.54, 1.807) is 0 Å². The summed E-state index contributed by atoms with van der Waals surface area (Å²) in [6, 6.07) is 22.4. The summed E-state index contributed by atoms with van der Waals surface area (Å²) in [5, 5.41) is 0. The first kappa shape index (κ1) is 15.8. The maximum Gasteiger partial charge on any atom is 0.0537 e. The molecule has 1 heterocycles. The Morgan fingerprint density at radius 1 is 0.957 bits per heavy atom. The van der Waals surface area contributed by atoms with E-state index in [0.717, 1.165) is 13.0 Å². The maximum absolute atomic E-state index is 3.92. The van der Waals surface area contributed by atoms with Crippen molar-refractivity contribution in [2.24, 2.45) is 5.92 Å². The fourth-order valence-corrected chi connectivity index (χ4v) is 3.48. The molecule has 0 saturated heterocycles. The highest BCUT2D eigenvalue weighted by atomic mass is 15.2. The second kappa shape index (κ2) is 7.43. The minimum absolute atomic E-state index is 0.340. The van der Waals surface area contributed by atoms with Gasteiger partial charge in [0.25, 0.3) is 0 Å². The van der Waals surface area contributed by atoms with Crippen molar-refractivity contribution in [2.45, 2.75) is 32.0 Å². The Kier molecular flexibility index (Phi) is 5.09. The monoisotopic (exact) mass is 303 g/mol. The van der Waals surface area contributed by atoms with Gasteiger partial charge in [-0.25, -0.2) is 0 Å². The third kappa shape index (κ3) is 3.62. The molecule has 0 unspecified atom stereocenters. The first-order valence-corrected chi connectivity index (χ1v) is 8.43. The highest BCUT2D eigenvalue weighted by Gasteiger charge is 2.30. The molecule has 0 saturated carbocycles. The molecule has 23 heavy (non-hydrogen) atoms. The van der Waals surface area contributed by atoms with E-state index in [1.165, 1.54) is 11.1 Å². The van der Waals surface area contributed by atoms with E-state index in [0.29, 0.717) is 18.0 Å². The summed E-state index contributed by atoms with van der Waals surface area (Å²) >= 11 is 0. The van der Waals surface area contributed by atoms with Crippen molar-refractivity contribution in [1.29, 1.82) is 0 Å². The van der Waals surface area contributed by atoms with Crippen LogP contribution in [0.2, 0.25) is 0 Å². The second-order valence-corrected chi connectivity index (χ2v) is 6.33. The third-order valence-corrected chi connectivity index (χ3v) is 4.83. The largest absolute Gasteiger partial charge is 0.285 e. The van der Waals surface area contributed by atoms with Gasteiger partial charge in [-0.3, -0.25) is 4.90 Å². The Labute approximate surface area is 140 Å². The van der Waals surface area contributed by atoms with Crippen molar-refractivity contribution in [3.05, 3.63) is 96.6 Å². The standard InChI is InChI=1S/C22H25N/c1-3-10-20-15-16-22(21-13-8-5-9-14-21)23(18(20)2)17-19-11-6-4-7-12-19/h3-9,11-16,18,20,22H,1,10,17H2,2H3/t18-,20+,22-/m1/s1.